The first-order valence-electron chi connectivity index (χ1n) is 5.76. The Morgan fingerprint density at radius 3 is 2.40 bits per heavy atom. The molecule has 0 heterocycles. The van der Waals surface area contributed by atoms with E-state index in [4.69, 9.17) is 0 Å². The zero-order valence-electron chi connectivity index (χ0n) is 11.5. The number of amides is 2. The number of urea groups is 1. The zero-order valence-corrected chi connectivity index (χ0v) is 11.5. The second-order valence-corrected chi connectivity index (χ2v) is 3.90. The predicted octanol–water partition coefficient (Wildman–Crippen LogP) is 1.11. The van der Waals surface area contributed by atoms with Crippen LogP contribution in [0.5, 0.6) is 0 Å². The van der Waals surface area contributed by atoms with E-state index in [1.807, 2.05) is 0 Å². The van der Waals surface area contributed by atoms with Gasteiger partial charge in [-0.3, -0.25) is 4.79 Å². The Balaban J connectivity index is 2.80. The summed E-state index contributed by atoms with van der Waals surface area (Å²) in [5, 5.41) is 2.53. The molecule has 0 aliphatic rings. The fourth-order valence-electron chi connectivity index (χ4n) is 1.42. The summed E-state index contributed by atoms with van der Waals surface area (Å²) in [7, 11) is 3.93. The molecule has 1 rings (SSSR count). The lowest BCUT2D eigenvalue weighted by atomic mass is 10.2. The van der Waals surface area contributed by atoms with Crippen molar-refractivity contribution in [2.45, 2.75) is 0 Å². The van der Waals surface area contributed by atoms with Gasteiger partial charge in [0.15, 0.2) is 0 Å². The van der Waals surface area contributed by atoms with Crippen LogP contribution in [0.15, 0.2) is 24.3 Å². The van der Waals surface area contributed by atoms with Crippen LogP contribution >= 0.6 is 0 Å². The number of para-hydroxylation sites is 1. The van der Waals surface area contributed by atoms with E-state index in [0.29, 0.717) is 5.69 Å². The summed E-state index contributed by atoms with van der Waals surface area (Å²) in [6.45, 7) is -0.192. The average Bonchev–Trinajstić information content (AvgIpc) is 2.46. The minimum atomic E-state index is -0.559. The van der Waals surface area contributed by atoms with E-state index in [2.05, 4.69) is 14.8 Å². The first-order chi connectivity index (χ1) is 9.49. The van der Waals surface area contributed by atoms with Crippen LogP contribution in [-0.2, 0) is 14.3 Å². The summed E-state index contributed by atoms with van der Waals surface area (Å²) >= 11 is 0. The number of nitrogens with one attached hydrogen (secondary N) is 1. The number of hydrogen-bond donors (Lipinski definition) is 1. The topological polar surface area (TPSA) is 84.9 Å². The molecule has 0 atom stereocenters. The Morgan fingerprint density at radius 1 is 1.15 bits per heavy atom. The molecule has 0 bridgehead atoms. The van der Waals surface area contributed by atoms with Gasteiger partial charge in [-0.15, -0.1) is 0 Å². The molecule has 7 heteroatoms. The van der Waals surface area contributed by atoms with Crippen LogP contribution in [0.4, 0.5) is 10.5 Å². The first-order valence-corrected chi connectivity index (χ1v) is 5.76. The maximum absolute atomic E-state index is 11.9. The highest BCUT2D eigenvalue weighted by Crippen LogP contribution is 2.16. The molecule has 0 fully saturated rings. The van der Waals surface area contributed by atoms with E-state index >= 15 is 0 Å². The molecule has 0 saturated carbocycles. The van der Waals surface area contributed by atoms with Gasteiger partial charge < -0.3 is 19.7 Å². The fourth-order valence-corrected chi connectivity index (χ4v) is 1.42. The SMILES string of the molecule is COC(=O)CN(C)C(=O)Nc1ccccc1C(=O)OC. The van der Waals surface area contributed by atoms with E-state index in [-0.39, 0.29) is 12.1 Å². The number of esters is 2. The minimum Gasteiger partial charge on any atom is -0.468 e. The van der Waals surface area contributed by atoms with Crippen molar-refractivity contribution in [3.05, 3.63) is 29.8 Å². The van der Waals surface area contributed by atoms with Crippen molar-refractivity contribution >= 4 is 23.7 Å². The summed E-state index contributed by atoms with van der Waals surface area (Å²) in [6, 6.07) is 5.88. The number of methoxy groups -OCH3 is 2. The van der Waals surface area contributed by atoms with Gasteiger partial charge in [0.2, 0.25) is 0 Å². The largest absolute Gasteiger partial charge is 0.468 e. The number of carbonyl (C=O) groups is 3. The summed E-state index contributed by atoms with van der Waals surface area (Å²) in [4.78, 5) is 35.7. The van der Waals surface area contributed by atoms with E-state index in [9.17, 15) is 14.4 Å². The van der Waals surface area contributed by atoms with Crippen LogP contribution in [0, 0.1) is 0 Å². The second-order valence-electron chi connectivity index (χ2n) is 3.90. The highest BCUT2D eigenvalue weighted by molar-refractivity contribution is 6.01. The molecular formula is C13H16N2O5. The number of nitrogens with zero attached hydrogens (tertiary/aromatic N) is 1. The molecule has 0 saturated heterocycles. The van der Waals surface area contributed by atoms with Crippen LogP contribution in [0.3, 0.4) is 0 Å². The molecule has 2 amide bonds. The Morgan fingerprint density at radius 2 is 1.80 bits per heavy atom. The van der Waals surface area contributed by atoms with Crippen LogP contribution in [0.1, 0.15) is 10.4 Å². The summed E-state index contributed by atoms with van der Waals surface area (Å²) in [5.41, 5.74) is 0.538. The van der Waals surface area contributed by atoms with Crippen LogP contribution in [-0.4, -0.2) is 50.7 Å². The van der Waals surface area contributed by atoms with Crippen molar-refractivity contribution in [3.8, 4) is 0 Å². The molecule has 1 aromatic rings. The molecule has 7 nitrogen and oxygen atoms in total. The highest BCUT2D eigenvalue weighted by atomic mass is 16.5. The quantitative estimate of drug-likeness (QED) is 0.835. The Hall–Kier alpha value is -2.57. The summed E-state index contributed by atoms with van der Waals surface area (Å²) in [5.74, 6) is -1.10. The molecule has 0 spiro atoms. The lowest BCUT2D eigenvalue weighted by molar-refractivity contribution is -0.140. The van der Waals surface area contributed by atoms with Crippen molar-refractivity contribution < 1.29 is 23.9 Å². The fraction of sp³-hybridized carbons (Fsp3) is 0.308. The van der Waals surface area contributed by atoms with Gasteiger partial charge in [0.1, 0.15) is 6.54 Å². The zero-order chi connectivity index (χ0) is 15.1. The van der Waals surface area contributed by atoms with Gasteiger partial charge in [-0.25, -0.2) is 9.59 Å². The van der Waals surface area contributed by atoms with Crippen LogP contribution in [0.25, 0.3) is 0 Å². The number of hydrogen-bond acceptors (Lipinski definition) is 5. The smallest absolute Gasteiger partial charge is 0.339 e. The van der Waals surface area contributed by atoms with Gasteiger partial charge in [-0.2, -0.15) is 0 Å². The monoisotopic (exact) mass is 280 g/mol. The van der Waals surface area contributed by atoms with E-state index in [1.54, 1.807) is 18.2 Å². The lowest BCUT2D eigenvalue weighted by Crippen LogP contribution is -2.36. The predicted molar refractivity (Wildman–Crippen MR) is 71.4 cm³/mol. The van der Waals surface area contributed by atoms with E-state index in [0.717, 1.165) is 4.90 Å². The van der Waals surface area contributed by atoms with Gasteiger partial charge in [0.25, 0.3) is 0 Å². The number of rotatable bonds is 4. The molecule has 20 heavy (non-hydrogen) atoms. The molecule has 1 aromatic carbocycles. The van der Waals surface area contributed by atoms with Crippen molar-refractivity contribution in [3.63, 3.8) is 0 Å². The second kappa shape index (κ2) is 7.13. The number of anilines is 1. The Kier molecular flexibility index (Phi) is 5.52. The van der Waals surface area contributed by atoms with Crippen molar-refractivity contribution in [1.82, 2.24) is 4.90 Å². The molecule has 0 aliphatic heterocycles. The molecule has 0 unspecified atom stereocenters. The van der Waals surface area contributed by atoms with Crippen molar-refractivity contribution in [1.29, 1.82) is 0 Å². The molecule has 0 aliphatic carbocycles. The number of likely N-dealkylation sites (N-methyl/N-ethyl adjacent to an activating group) is 1. The molecule has 0 radical (unpaired) electrons. The van der Waals surface area contributed by atoms with Crippen LogP contribution < -0.4 is 5.32 Å². The van der Waals surface area contributed by atoms with Gasteiger partial charge in [0, 0.05) is 7.05 Å². The van der Waals surface area contributed by atoms with Gasteiger partial charge in [-0.1, -0.05) is 12.1 Å². The maximum atomic E-state index is 11.9. The third kappa shape index (κ3) is 3.98. The minimum absolute atomic E-state index is 0.192. The van der Waals surface area contributed by atoms with Gasteiger partial charge in [-0.05, 0) is 12.1 Å². The molecule has 0 aromatic heterocycles. The van der Waals surface area contributed by atoms with Gasteiger partial charge in [0.05, 0.1) is 25.5 Å². The van der Waals surface area contributed by atoms with Crippen LogP contribution in [0.2, 0.25) is 0 Å². The summed E-state index contributed by atoms with van der Waals surface area (Å²) < 4.78 is 9.09. The Bertz CT molecular complexity index is 515. The lowest BCUT2D eigenvalue weighted by Gasteiger charge is -2.17. The first kappa shape index (κ1) is 15.5. The van der Waals surface area contributed by atoms with Gasteiger partial charge >= 0.3 is 18.0 Å². The standard InChI is InChI=1S/C13H16N2O5/c1-15(8-11(16)19-2)13(18)14-10-7-5-4-6-9(10)12(17)20-3/h4-7H,8H2,1-3H3,(H,14,18). The molecule has 108 valence electrons. The molecule has 1 N–H and O–H groups in total. The Labute approximate surface area is 116 Å². The van der Waals surface area contributed by atoms with E-state index in [1.165, 1.54) is 27.3 Å². The maximum Gasteiger partial charge on any atom is 0.339 e. The molecular weight excluding hydrogens is 264 g/mol. The normalized spacial score (nSPS) is 9.55. The highest BCUT2D eigenvalue weighted by Gasteiger charge is 2.17. The summed E-state index contributed by atoms with van der Waals surface area (Å²) in [6.07, 6.45) is 0. The number of ether oxygens (including phenoxy) is 2. The van der Waals surface area contributed by atoms with E-state index < -0.39 is 18.0 Å². The third-order valence-electron chi connectivity index (χ3n) is 2.51. The average molecular weight is 280 g/mol. The van der Waals surface area contributed by atoms with Crippen molar-refractivity contribution in [2.75, 3.05) is 33.1 Å². The number of carbonyl (C=O) groups excluding carboxylic acids is 3. The van der Waals surface area contributed by atoms with Crippen molar-refractivity contribution in [2.24, 2.45) is 0 Å². The third-order valence-corrected chi connectivity index (χ3v) is 2.51. The number of benzene rings is 1.